The summed E-state index contributed by atoms with van der Waals surface area (Å²) in [6.07, 6.45) is 6.39. The molecular weight excluding hydrogens is 435 g/mol. The van der Waals surface area contributed by atoms with E-state index in [2.05, 4.69) is 31.7 Å². The van der Waals surface area contributed by atoms with Crippen molar-refractivity contribution in [3.8, 4) is 0 Å². The average molecular weight is 465 g/mol. The summed E-state index contributed by atoms with van der Waals surface area (Å²) in [5, 5.41) is 3.84. The lowest BCUT2D eigenvalue weighted by Crippen LogP contribution is -2.52. The van der Waals surface area contributed by atoms with Gasteiger partial charge in [-0.3, -0.25) is 9.80 Å². The lowest BCUT2D eigenvalue weighted by atomic mass is 9.97. The van der Waals surface area contributed by atoms with Crippen LogP contribution in [0.15, 0.2) is 30.6 Å². The van der Waals surface area contributed by atoms with E-state index >= 15 is 0 Å². The fourth-order valence-electron chi connectivity index (χ4n) is 4.47. The minimum Gasteiger partial charge on any atom is -0.337 e. The standard InChI is InChI=1S/C22H30Cl2N6O/c1-27-8-6-25-21(27)16-29-7-2-3-17(15-29)14-28-9-11-30(12-10-28)22(31)26-18-4-5-19(23)20(24)13-18/h4-6,8,13,17H,2-3,7,9-12,14-16H2,1H3,(H,26,31)/t17-/m0/s1. The fraction of sp³-hybridized carbons (Fsp3) is 0.545. The van der Waals surface area contributed by atoms with Crippen LogP contribution in [0.1, 0.15) is 18.7 Å². The van der Waals surface area contributed by atoms with Gasteiger partial charge < -0.3 is 14.8 Å². The molecule has 0 aliphatic carbocycles. The van der Waals surface area contributed by atoms with E-state index in [0.29, 0.717) is 21.7 Å². The molecule has 0 spiro atoms. The molecule has 3 heterocycles. The maximum Gasteiger partial charge on any atom is 0.321 e. The number of piperidine rings is 1. The Morgan fingerprint density at radius 2 is 1.94 bits per heavy atom. The number of nitrogens with one attached hydrogen (secondary N) is 1. The number of rotatable bonds is 5. The Balaban J connectivity index is 1.22. The molecule has 0 bridgehead atoms. The van der Waals surface area contributed by atoms with Gasteiger partial charge in [-0.05, 0) is 43.5 Å². The normalized spacial score (nSPS) is 20.7. The van der Waals surface area contributed by atoms with Gasteiger partial charge in [-0.15, -0.1) is 0 Å². The topological polar surface area (TPSA) is 56.6 Å². The molecule has 1 aromatic heterocycles. The van der Waals surface area contributed by atoms with E-state index in [1.165, 1.54) is 12.8 Å². The van der Waals surface area contributed by atoms with Crippen LogP contribution in [-0.2, 0) is 13.6 Å². The smallest absolute Gasteiger partial charge is 0.321 e. The Morgan fingerprint density at radius 1 is 1.13 bits per heavy atom. The van der Waals surface area contributed by atoms with Gasteiger partial charge in [-0.2, -0.15) is 0 Å². The predicted molar refractivity (Wildman–Crippen MR) is 125 cm³/mol. The highest BCUT2D eigenvalue weighted by molar-refractivity contribution is 6.42. The molecule has 4 rings (SSSR count). The van der Waals surface area contributed by atoms with Crippen molar-refractivity contribution in [1.29, 1.82) is 0 Å². The number of urea groups is 1. The van der Waals surface area contributed by atoms with Crippen molar-refractivity contribution in [2.45, 2.75) is 19.4 Å². The van der Waals surface area contributed by atoms with E-state index < -0.39 is 0 Å². The Bertz CT molecular complexity index is 896. The first-order valence-corrected chi connectivity index (χ1v) is 11.7. The molecule has 0 unspecified atom stereocenters. The van der Waals surface area contributed by atoms with Crippen molar-refractivity contribution < 1.29 is 4.79 Å². The third kappa shape index (κ3) is 5.92. The SMILES string of the molecule is Cn1ccnc1CN1CCC[C@@H](CN2CCN(C(=O)Nc3ccc(Cl)c(Cl)c3)CC2)C1. The number of aromatic nitrogens is 2. The molecule has 2 aliphatic heterocycles. The summed E-state index contributed by atoms with van der Waals surface area (Å²) in [4.78, 5) is 23.9. The average Bonchev–Trinajstić information content (AvgIpc) is 3.16. The number of imidazole rings is 1. The summed E-state index contributed by atoms with van der Waals surface area (Å²) in [6, 6.07) is 5.05. The second-order valence-corrected chi connectivity index (χ2v) is 9.36. The van der Waals surface area contributed by atoms with Crippen LogP contribution in [0.5, 0.6) is 0 Å². The van der Waals surface area contributed by atoms with Crippen molar-refractivity contribution in [1.82, 2.24) is 24.3 Å². The molecule has 31 heavy (non-hydrogen) atoms. The van der Waals surface area contributed by atoms with Gasteiger partial charge in [0.1, 0.15) is 5.82 Å². The van der Waals surface area contributed by atoms with Crippen molar-refractivity contribution in [3.05, 3.63) is 46.5 Å². The summed E-state index contributed by atoms with van der Waals surface area (Å²) in [5.74, 6) is 1.80. The third-order valence-corrected chi connectivity index (χ3v) is 6.97. The molecule has 7 nitrogen and oxygen atoms in total. The summed E-state index contributed by atoms with van der Waals surface area (Å²) >= 11 is 12.0. The molecule has 0 saturated carbocycles. The monoisotopic (exact) mass is 464 g/mol. The number of anilines is 1. The summed E-state index contributed by atoms with van der Waals surface area (Å²) in [5.41, 5.74) is 0.664. The number of piperazine rings is 1. The van der Waals surface area contributed by atoms with Crippen LogP contribution in [-0.4, -0.2) is 76.1 Å². The lowest BCUT2D eigenvalue weighted by Gasteiger charge is -2.39. The van der Waals surface area contributed by atoms with Gasteiger partial charge in [-0.1, -0.05) is 23.2 Å². The number of carbonyl (C=O) groups excluding carboxylic acids is 1. The van der Waals surface area contributed by atoms with Gasteiger partial charge in [0.05, 0.1) is 16.6 Å². The summed E-state index contributed by atoms with van der Waals surface area (Å²) < 4.78 is 2.10. The largest absolute Gasteiger partial charge is 0.337 e. The molecule has 9 heteroatoms. The molecule has 2 fully saturated rings. The molecule has 1 atom stereocenters. The van der Waals surface area contributed by atoms with Gasteiger partial charge in [0, 0.05) is 64.4 Å². The maximum absolute atomic E-state index is 12.6. The zero-order chi connectivity index (χ0) is 21.8. The number of halogens is 2. The van der Waals surface area contributed by atoms with Gasteiger partial charge in [0.25, 0.3) is 0 Å². The molecule has 168 valence electrons. The second-order valence-electron chi connectivity index (χ2n) is 8.54. The number of hydrogen-bond donors (Lipinski definition) is 1. The molecule has 2 saturated heterocycles. The minimum atomic E-state index is -0.0862. The molecule has 2 aliphatic rings. The van der Waals surface area contributed by atoms with Crippen LogP contribution >= 0.6 is 23.2 Å². The van der Waals surface area contributed by atoms with Gasteiger partial charge in [0.15, 0.2) is 0 Å². The number of aryl methyl sites for hydroxylation is 1. The van der Waals surface area contributed by atoms with Crippen molar-refractivity contribution in [3.63, 3.8) is 0 Å². The number of carbonyl (C=O) groups is 1. The van der Waals surface area contributed by atoms with Crippen LogP contribution in [0.2, 0.25) is 10.0 Å². The molecule has 0 radical (unpaired) electrons. The first kappa shape index (κ1) is 22.4. The highest BCUT2D eigenvalue weighted by Crippen LogP contribution is 2.25. The van der Waals surface area contributed by atoms with Crippen LogP contribution in [0.25, 0.3) is 0 Å². The van der Waals surface area contributed by atoms with E-state index in [0.717, 1.165) is 58.2 Å². The maximum atomic E-state index is 12.6. The fourth-order valence-corrected chi connectivity index (χ4v) is 4.77. The van der Waals surface area contributed by atoms with E-state index in [-0.39, 0.29) is 6.03 Å². The number of likely N-dealkylation sites (tertiary alicyclic amines) is 1. The Hall–Kier alpha value is -1.80. The minimum absolute atomic E-state index is 0.0862. The van der Waals surface area contributed by atoms with E-state index in [1.54, 1.807) is 18.2 Å². The van der Waals surface area contributed by atoms with Gasteiger partial charge >= 0.3 is 6.03 Å². The van der Waals surface area contributed by atoms with Gasteiger partial charge in [0.2, 0.25) is 0 Å². The first-order chi connectivity index (χ1) is 15.0. The Labute approximate surface area is 193 Å². The molecule has 1 aromatic carbocycles. The Morgan fingerprint density at radius 3 is 2.65 bits per heavy atom. The molecule has 2 aromatic rings. The number of benzene rings is 1. The van der Waals surface area contributed by atoms with E-state index in [1.807, 2.05) is 17.3 Å². The second kappa shape index (κ2) is 10.2. The molecule has 1 N–H and O–H groups in total. The van der Waals surface area contributed by atoms with Crippen LogP contribution in [0.3, 0.4) is 0 Å². The first-order valence-electron chi connectivity index (χ1n) is 10.9. The predicted octanol–water partition coefficient (Wildman–Crippen LogP) is 3.79. The highest BCUT2D eigenvalue weighted by atomic mass is 35.5. The summed E-state index contributed by atoms with van der Waals surface area (Å²) in [7, 11) is 2.06. The highest BCUT2D eigenvalue weighted by Gasteiger charge is 2.26. The van der Waals surface area contributed by atoms with Crippen molar-refractivity contribution >= 4 is 34.9 Å². The van der Waals surface area contributed by atoms with Crippen LogP contribution in [0, 0.1) is 5.92 Å². The number of nitrogens with zero attached hydrogens (tertiary/aromatic N) is 5. The zero-order valence-electron chi connectivity index (χ0n) is 17.9. The molecule has 2 amide bonds. The number of hydrogen-bond acceptors (Lipinski definition) is 4. The lowest BCUT2D eigenvalue weighted by molar-refractivity contribution is 0.0971. The van der Waals surface area contributed by atoms with Crippen LogP contribution < -0.4 is 5.32 Å². The molecular formula is C22H30Cl2N6O. The van der Waals surface area contributed by atoms with Crippen molar-refractivity contribution in [2.24, 2.45) is 13.0 Å². The Kier molecular flexibility index (Phi) is 7.38. The quantitative estimate of drug-likeness (QED) is 0.730. The van der Waals surface area contributed by atoms with E-state index in [4.69, 9.17) is 23.2 Å². The summed E-state index contributed by atoms with van der Waals surface area (Å²) in [6.45, 7) is 7.56. The third-order valence-electron chi connectivity index (χ3n) is 6.24. The van der Waals surface area contributed by atoms with Gasteiger partial charge in [-0.25, -0.2) is 9.78 Å². The zero-order valence-corrected chi connectivity index (χ0v) is 19.4. The van der Waals surface area contributed by atoms with Crippen molar-refractivity contribution in [2.75, 3.05) is 51.1 Å². The number of amides is 2. The van der Waals surface area contributed by atoms with Crippen LogP contribution in [0.4, 0.5) is 10.5 Å². The van der Waals surface area contributed by atoms with E-state index in [9.17, 15) is 4.79 Å².